The monoisotopic (exact) mass is 375 g/mol. The fraction of sp³-hybridized carbons (Fsp3) is 0.143. The van der Waals surface area contributed by atoms with E-state index in [0.717, 1.165) is 12.0 Å². The van der Waals surface area contributed by atoms with Crippen molar-refractivity contribution in [3.8, 4) is 5.69 Å². The highest BCUT2D eigenvalue weighted by atomic mass is 19.1. The van der Waals surface area contributed by atoms with Crippen LogP contribution in [0.2, 0.25) is 0 Å². The molecule has 1 aromatic carbocycles. The summed E-state index contributed by atoms with van der Waals surface area (Å²) in [6.07, 6.45) is 8.98. The van der Waals surface area contributed by atoms with Gasteiger partial charge in [-0.1, -0.05) is 13.0 Å². The van der Waals surface area contributed by atoms with Crippen LogP contribution in [0.5, 0.6) is 0 Å². The second-order valence-corrected chi connectivity index (χ2v) is 6.37. The van der Waals surface area contributed by atoms with Crippen LogP contribution in [0.25, 0.3) is 16.6 Å². The highest BCUT2D eigenvalue weighted by molar-refractivity contribution is 6.06. The molecule has 6 nitrogen and oxygen atoms in total. The van der Waals surface area contributed by atoms with Crippen molar-refractivity contribution in [2.75, 3.05) is 0 Å². The molecule has 3 aromatic heterocycles. The summed E-state index contributed by atoms with van der Waals surface area (Å²) in [6.45, 7) is 2.00. The van der Waals surface area contributed by atoms with E-state index >= 15 is 0 Å². The van der Waals surface area contributed by atoms with E-state index < -0.39 is 0 Å². The summed E-state index contributed by atoms with van der Waals surface area (Å²) < 4.78 is 14.8. The Morgan fingerprint density at radius 1 is 1.11 bits per heavy atom. The molecule has 1 atom stereocenters. The Kier molecular flexibility index (Phi) is 4.80. The molecule has 7 heteroatoms. The maximum atomic E-state index is 13.2. The van der Waals surface area contributed by atoms with Crippen LogP contribution in [0.15, 0.2) is 67.4 Å². The Balaban J connectivity index is 1.67. The van der Waals surface area contributed by atoms with E-state index in [2.05, 4.69) is 20.4 Å². The highest BCUT2D eigenvalue weighted by Gasteiger charge is 2.18. The van der Waals surface area contributed by atoms with Gasteiger partial charge in [0.25, 0.3) is 5.91 Å². The molecule has 3 heterocycles. The lowest BCUT2D eigenvalue weighted by atomic mass is 10.1. The molecule has 4 aromatic rings. The average molecular weight is 375 g/mol. The van der Waals surface area contributed by atoms with Crippen molar-refractivity contribution < 1.29 is 9.18 Å². The molecule has 140 valence electrons. The van der Waals surface area contributed by atoms with Crippen molar-refractivity contribution in [2.24, 2.45) is 0 Å². The van der Waals surface area contributed by atoms with Crippen molar-refractivity contribution in [3.63, 3.8) is 0 Å². The van der Waals surface area contributed by atoms with Gasteiger partial charge in [-0.2, -0.15) is 5.10 Å². The first kappa shape index (κ1) is 17.8. The van der Waals surface area contributed by atoms with Gasteiger partial charge in [-0.25, -0.2) is 9.07 Å². The molecule has 0 aliphatic carbocycles. The molecule has 0 aliphatic rings. The second-order valence-electron chi connectivity index (χ2n) is 6.37. The first-order valence-electron chi connectivity index (χ1n) is 8.96. The zero-order valence-electron chi connectivity index (χ0n) is 15.2. The van der Waals surface area contributed by atoms with Gasteiger partial charge in [-0.3, -0.25) is 14.8 Å². The molecule has 0 aliphatic heterocycles. The Labute approximate surface area is 161 Å². The molecule has 0 saturated heterocycles. The van der Waals surface area contributed by atoms with Crippen LogP contribution in [0.3, 0.4) is 0 Å². The fourth-order valence-electron chi connectivity index (χ4n) is 3.15. The molecule has 1 amide bonds. The number of pyridine rings is 2. The smallest absolute Gasteiger partial charge is 0.254 e. The normalized spacial score (nSPS) is 12.1. The summed E-state index contributed by atoms with van der Waals surface area (Å²) in [5.41, 5.74) is 2.75. The van der Waals surface area contributed by atoms with E-state index in [9.17, 15) is 9.18 Å². The van der Waals surface area contributed by atoms with Crippen molar-refractivity contribution in [1.29, 1.82) is 0 Å². The predicted molar refractivity (Wildman–Crippen MR) is 104 cm³/mol. The Bertz CT molecular complexity index is 1110. The summed E-state index contributed by atoms with van der Waals surface area (Å²) in [4.78, 5) is 21.3. The Morgan fingerprint density at radius 2 is 1.93 bits per heavy atom. The van der Waals surface area contributed by atoms with E-state index in [4.69, 9.17) is 0 Å². The largest absolute Gasteiger partial charge is 0.345 e. The van der Waals surface area contributed by atoms with Gasteiger partial charge in [0.05, 0.1) is 35.2 Å². The highest BCUT2D eigenvalue weighted by Crippen LogP contribution is 2.22. The molecule has 4 rings (SSSR count). The van der Waals surface area contributed by atoms with Crippen LogP contribution in [0.4, 0.5) is 4.39 Å². The number of halogens is 1. The van der Waals surface area contributed by atoms with E-state index in [1.165, 1.54) is 18.3 Å². The standard InChI is InChI=1S/C21H18FN5O/c1-2-19(14-4-3-9-23-10-14)26-21(28)18-11-24-13-20-17(18)12-25-27(20)16-7-5-15(22)6-8-16/h3-13,19H,2H2,1H3,(H,26,28)/t19-/m0/s1. The number of nitrogens with one attached hydrogen (secondary N) is 1. The van der Waals surface area contributed by atoms with Gasteiger partial charge in [0.1, 0.15) is 5.82 Å². The fourth-order valence-corrected chi connectivity index (χ4v) is 3.15. The van der Waals surface area contributed by atoms with Crippen molar-refractivity contribution >= 4 is 16.8 Å². The zero-order valence-corrected chi connectivity index (χ0v) is 15.2. The molecule has 0 fully saturated rings. The summed E-state index contributed by atoms with van der Waals surface area (Å²) in [5.74, 6) is -0.549. The molecule has 0 unspecified atom stereocenters. The molecule has 0 spiro atoms. The minimum absolute atomic E-state index is 0.149. The average Bonchev–Trinajstić information content (AvgIpc) is 3.17. The number of carbonyl (C=O) groups is 1. The van der Waals surface area contributed by atoms with Gasteiger partial charge in [0.2, 0.25) is 0 Å². The molecular formula is C21H18FN5O. The number of amides is 1. The summed E-state index contributed by atoms with van der Waals surface area (Å²) in [5, 5.41) is 8.08. The first-order chi connectivity index (χ1) is 13.7. The van der Waals surface area contributed by atoms with Crippen LogP contribution in [0, 0.1) is 5.82 Å². The lowest BCUT2D eigenvalue weighted by Gasteiger charge is -2.17. The molecule has 0 saturated carbocycles. The van der Waals surface area contributed by atoms with Crippen LogP contribution >= 0.6 is 0 Å². The van der Waals surface area contributed by atoms with Gasteiger partial charge >= 0.3 is 0 Å². The van der Waals surface area contributed by atoms with E-state index in [1.807, 2.05) is 19.1 Å². The first-order valence-corrected chi connectivity index (χ1v) is 8.96. The van der Waals surface area contributed by atoms with Crippen LogP contribution in [-0.4, -0.2) is 25.7 Å². The van der Waals surface area contributed by atoms with Crippen molar-refractivity contribution in [3.05, 3.63) is 84.3 Å². The number of carbonyl (C=O) groups excluding carboxylic acids is 1. The van der Waals surface area contributed by atoms with E-state index in [-0.39, 0.29) is 17.8 Å². The van der Waals surface area contributed by atoms with Gasteiger partial charge < -0.3 is 5.32 Å². The lowest BCUT2D eigenvalue weighted by Crippen LogP contribution is -2.28. The van der Waals surface area contributed by atoms with Crippen molar-refractivity contribution in [2.45, 2.75) is 19.4 Å². The number of nitrogens with zero attached hydrogens (tertiary/aromatic N) is 4. The maximum Gasteiger partial charge on any atom is 0.254 e. The third-order valence-corrected chi connectivity index (χ3v) is 4.61. The lowest BCUT2D eigenvalue weighted by molar-refractivity contribution is 0.0937. The molecule has 28 heavy (non-hydrogen) atoms. The van der Waals surface area contributed by atoms with Gasteiger partial charge in [0, 0.05) is 24.0 Å². The summed E-state index contributed by atoms with van der Waals surface area (Å²) in [7, 11) is 0. The summed E-state index contributed by atoms with van der Waals surface area (Å²) in [6, 6.07) is 9.63. The van der Waals surface area contributed by atoms with Gasteiger partial charge in [-0.15, -0.1) is 0 Å². The molecular weight excluding hydrogens is 357 g/mol. The minimum atomic E-state index is -0.320. The van der Waals surface area contributed by atoms with Crippen LogP contribution in [0.1, 0.15) is 35.3 Å². The minimum Gasteiger partial charge on any atom is -0.345 e. The topological polar surface area (TPSA) is 72.7 Å². The number of benzene rings is 1. The third kappa shape index (κ3) is 3.34. The van der Waals surface area contributed by atoms with Crippen molar-refractivity contribution in [1.82, 2.24) is 25.1 Å². The third-order valence-electron chi connectivity index (χ3n) is 4.61. The quantitative estimate of drug-likeness (QED) is 0.575. The Morgan fingerprint density at radius 3 is 2.64 bits per heavy atom. The maximum absolute atomic E-state index is 13.2. The Hall–Kier alpha value is -3.61. The molecule has 1 N–H and O–H groups in total. The number of hydrogen-bond acceptors (Lipinski definition) is 4. The SMILES string of the molecule is CC[C@H](NC(=O)c1cncc2c1cnn2-c1ccc(F)cc1)c1cccnc1. The number of fused-ring (bicyclic) bond motifs is 1. The van der Waals surface area contributed by atoms with E-state index in [0.29, 0.717) is 22.2 Å². The number of rotatable bonds is 5. The van der Waals surface area contributed by atoms with Gasteiger partial charge in [-0.05, 0) is 42.3 Å². The van der Waals surface area contributed by atoms with Gasteiger partial charge in [0.15, 0.2) is 0 Å². The van der Waals surface area contributed by atoms with E-state index in [1.54, 1.807) is 41.6 Å². The number of aromatic nitrogens is 4. The zero-order chi connectivity index (χ0) is 19.5. The van der Waals surface area contributed by atoms with Crippen LogP contribution in [-0.2, 0) is 0 Å². The van der Waals surface area contributed by atoms with Crippen LogP contribution < -0.4 is 5.32 Å². The molecule has 0 radical (unpaired) electrons. The second kappa shape index (κ2) is 7.56. The number of hydrogen-bond donors (Lipinski definition) is 1. The molecule has 0 bridgehead atoms. The predicted octanol–water partition coefficient (Wildman–Crippen LogP) is 3.84. The summed E-state index contributed by atoms with van der Waals surface area (Å²) >= 11 is 0.